The van der Waals surface area contributed by atoms with E-state index in [1.54, 1.807) is 32.0 Å². The monoisotopic (exact) mass is 315 g/mol. The molecular formula is C14H15Cl2NO3. The smallest absolute Gasteiger partial charge is 0.326 e. The summed E-state index contributed by atoms with van der Waals surface area (Å²) in [5, 5.41) is 12.2. The van der Waals surface area contributed by atoms with Crippen LogP contribution >= 0.6 is 23.2 Å². The van der Waals surface area contributed by atoms with Gasteiger partial charge in [-0.2, -0.15) is 0 Å². The van der Waals surface area contributed by atoms with Crippen LogP contribution in [0.2, 0.25) is 10.0 Å². The lowest BCUT2D eigenvalue weighted by atomic mass is 10.0. The molecule has 0 bridgehead atoms. The minimum absolute atomic E-state index is 0.199. The second-order valence-electron chi connectivity index (χ2n) is 4.58. The van der Waals surface area contributed by atoms with Crippen LogP contribution in [-0.4, -0.2) is 23.0 Å². The van der Waals surface area contributed by atoms with Gasteiger partial charge >= 0.3 is 5.97 Å². The van der Waals surface area contributed by atoms with Gasteiger partial charge in [-0.3, -0.25) is 4.79 Å². The summed E-state index contributed by atoms with van der Waals surface area (Å²) < 4.78 is 0. The molecule has 0 aliphatic carbocycles. The number of carboxylic acids is 1. The number of halogens is 2. The Kier molecular flexibility index (Phi) is 6.05. The third-order valence-corrected chi connectivity index (χ3v) is 3.34. The van der Waals surface area contributed by atoms with Gasteiger partial charge < -0.3 is 10.4 Å². The predicted molar refractivity (Wildman–Crippen MR) is 79.9 cm³/mol. The molecule has 0 saturated carbocycles. The molecule has 0 unspecified atom stereocenters. The van der Waals surface area contributed by atoms with Crippen molar-refractivity contribution >= 4 is 41.2 Å². The molecule has 0 heterocycles. The summed E-state index contributed by atoms with van der Waals surface area (Å²) in [6, 6.07) is 4.02. The molecule has 0 spiro atoms. The fourth-order valence-corrected chi connectivity index (χ4v) is 1.81. The van der Waals surface area contributed by atoms with Crippen molar-refractivity contribution in [3.05, 3.63) is 39.9 Å². The molecule has 1 amide bonds. The van der Waals surface area contributed by atoms with Crippen molar-refractivity contribution in [2.75, 3.05) is 0 Å². The largest absolute Gasteiger partial charge is 0.480 e. The molecule has 0 aromatic heterocycles. The van der Waals surface area contributed by atoms with Crippen LogP contribution in [0.25, 0.3) is 6.08 Å². The van der Waals surface area contributed by atoms with Gasteiger partial charge in [-0.1, -0.05) is 43.1 Å². The van der Waals surface area contributed by atoms with Crippen molar-refractivity contribution in [2.45, 2.75) is 19.9 Å². The summed E-state index contributed by atoms with van der Waals surface area (Å²) in [7, 11) is 0. The van der Waals surface area contributed by atoms with Crippen molar-refractivity contribution in [2.24, 2.45) is 5.92 Å². The van der Waals surface area contributed by atoms with E-state index in [1.807, 2.05) is 0 Å². The van der Waals surface area contributed by atoms with Crippen LogP contribution in [0.3, 0.4) is 0 Å². The van der Waals surface area contributed by atoms with Gasteiger partial charge in [-0.05, 0) is 29.7 Å². The molecule has 1 rings (SSSR count). The highest BCUT2D eigenvalue weighted by atomic mass is 35.5. The minimum atomic E-state index is -1.06. The normalized spacial score (nSPS) is 12.7. The highest BCUT2D eigenvalue weighted by Gasteiger charge is 2.22. The van der Waals surface area contributed by atoms with Crippen LogP contribution in [0.1, 0.15) is 19.4 Å². The van der Waals surface area contributed by atoms with E-state index >= 15 is 0 Å². The van der Waals surface area contributed by atoms with E-state index < -0.39 is 17.9 Å². The lowest BCUT2D eigenvalue weighted by Gasteiger charge is -2.16. The zero-order valence-corrected chi connectivity index (χ0v) is 12.6. The Bertz CT molecular complexity index is 541. The van der Waals surface area contributed by atoms with Crippen molar-refractivity contribution in [3.63, 3.8) is 0 Å². The molecule has 0 aliphatic heterocycles. The molecule has 0 saturated heterocycles. The number of nitrogens with one attached hydrogen (secondary N) is 1. The van der Waals surface area contributed by atoms with Crippen molar-refractivity contribution in [1.82, 2.24) is 5.32 Å². The second kappa shape index (κ2) is 7.31. The lowest BCUT2D eigenvalue weighted by molar-refractivity contribution is -0.142. The molecular weight excluding hydrogens is 301 g/mol. The maximum atomic E-state index is 11.7. The summed E-state index contributed by atoms with van der Waals surface area (Å²) in [5.41, 5.74) is 0.700. The SMILES string of the molecule is CC(C)[C@H](NC(=O)/C=C/c1ccc(Cl)c(Cl)c1)C(=O)O. The molecule has 0 fully saturated rings. The molecule has 108 valence electrons. The first kappa shape index (κ1) is 16.5. The molecule has 6 heteroatoms. The van der Waals surface area contributed by atoms with E-state index in [0.29, 0.717) is 15.6 Å². The third kappa shape index (κ3) is 4.87. The molecule has 1 aromatic carbocycles. The Morgan fingerprint density at radius 3 is 2.40 bits per heavy atom. The summed E-state index contributed by atoms with van der Waals surface area (Å²) in [6.45, 7) is 3.45. The molecule has 1 atom stereocenters. The minimum Gasteiger partial charge on any atom is -0.480 e. The summed E-state index contributed by atoms with van der Waals surface area (Å²) in [5.74, 6) is -1.73. The van der Waals surface area contributed by atoms with Gasteiger partial charge in [-0.15, -0.1) is 0 Å². The Morgan fingerprint density at radius 1 is 1.25 bits per heavy atom. The first-order valence-electron chi connectivity index (χ1n) is 5.97. The lowest BCUT2D eigenvalue weighted by Crippen LogP contribution is -2.43. The quantitative estimate of drug-likeness (QED) is 0.820. The third-order valence-electron chi connectivity index (χ3n) is 2.60. The molecule has 0 aliphatic rings. The number of hydrogen-bond donors (Lipinski definition) is 2. The van der Waals surface area contributed by atoms with Crippen molar-refractivity contribution in [1.29, 1.82) is 0 Å². The first-order valence-corrected chi connectivity index (χ1v) is 6.73. The highest BCUT2D eigenvalue weighted by Crippen LogP contribution is 2.23. The van der Waals surface area contributed by atoms with Gasteiger partial charge in [0.25, 0.3) is 0 Å². The van der Waals surface area contributed by atoms with Crippen LogP contribution < -0.4 is 5.32 Å². The molecule has 2 N–H and O–H groups in total. The van der Waals surface area contributed by atoms with Crippen molar-refractivity contribution < 1.29 is 14.7 Å². The Labute approximate surface area is 127 Å². The Balaban J connectivity index is 2.72. The van der Waals surface area contributed by atoms with Gasteiger partial charge in [0, 0.05) is 6.08 Å². The topological polar surface area (TPSA) is 66.4 Å². The second-order valence-corrected chi connectivity index (χ2v) is 5.39. The van der Waals surface area contributed by atoms with Gasteiger partial charge in [-0.25, -0.2) is 4.79 Å². The molecule has 0 radical (unpaired) electrons. The summed E-state index contributed by atoms with van der Waals surface area (Å²) >= 11 is 11.6. The van der Waals surface area contributed by atoms with E-state index in [2.05, 4.69) is 5.32 Å². The van der Waals surface area contributed by atoms with E-state index in [0.717, 1.165) is 0 Å². The van der Waals surface area contributed by atoms with Crippen LogP contribution in [0.5, 0.6) is 0 Å². The molecule has 1 aromatic rings. The van der Waals surface area contributed by atoms with E-state index in [-0.39, 0.29) is 5.92 Å². The average molecular weight is 316 g/mol. The summed E-state index contributed by atoms with van der Waals surface area (Å²) in [6.07, 6.45) is 2.80. The van der Waals surface area contributed by atoms with E-state index in [4.69, 9.17) is 28.3 Å². The highest BCUT2D eigenvalue weighted by molar-refractivity contribution is 6.42. The number of carbonyl (C=O) groups excluding carboxylic acids is 1. The fourth-order valence-electron chi connectivity index (χ4n) is 1.50. The first-order chi connectivity index (χ1) is 9.31. The van der Waals surface area contributed by atoms with Crippen LogP contribution in [0.4, 0.5) is 0 Å². The Morgan fingerprint density at radius 2 is 1.90 bits per heavy atom. The van der Waals surface area contributed by atoms with E-state index in [1.165, 1.54) is 12.2 Å². The summed E-state index contributed by atoms with van der Waals surface area (Å²) in [4.78, 5) is 22.6. The number of carboxylic acid groups (broad SMARTS) is 1. The zero-order chi connectivity index (χ0) is 15.3. The van der Waals surface area contributed by atoms with Crippen LogP contribution in [0, 0.1) is 5.92 Å². The van der Waals surface area contributed by atoms with Gasteiger partial charge in [0.1, 0.15) is 6.04 Å². The maximum absolute atomic E-state index is 11.7. The Hall–Kier alpha value is -1.52. The maximum Gasteiger partial charge on any atom is 0.326 e. The average Bonchev–Trinajstić information content (AvgIpc) is 2.36. The van der Waals surface area contributed by atoms with Gasteiger partial charge in [0.15, 0.2) is 0 Å². The van der Waals surface area contributed by atoms with Crippen LogP contribution in [0.15, 0.2) is 24.3 Å². The van der Waals surface area contributed by atoms with Gasteiger partial charge in [0.2, 0.25) is 5.91 Å². The fraction of sp³-hybridized carbons (Fsp3) is 0.286. The number of benzene rings is 1. The number of aliphatic carboxylic acids is 1. The zero-order valence-electron chi connectivity index (χ0n) is 11.1. The van der Waals surface area contributed by atoms with Crippen molar-refractivity contribution in [3.8, 4) is 0 Å². The predicted octanol–water partition coefficient (Wildman–Crippen LogP) is 3.23. The molecule has 4 nitrogen and oxygen atoms in total. The van der Waals surface area contributed by atoms with Gasteiger partial charge in [0.05, 0.1) is 10.0 Å². The number of hydrogen-bond acceptors (Lipinski definition) is 2. The number of amides is 1. The standard InChI is InChI=1S/C14H15Cl2NO3/c1-8(2)13(14(19)20)17-12(18)6-4-9-3-5-10(15)11(16)7-9/h3-8,13H,1-2H3,(H,17,18)(H,19,20)/b6-4+/t13-/m0/s1. The molecule has 20 heavy (non-hydrogen) atoms. The number of rotatable bonds is 5. The number of carbonyl (C=O) groups is 2. The van der Waals surface area contributed by atoms with E-state index in [9.17, 15) is 9.59 Å². The van der Waals surface area contributed by atoms with Crippen LogP contribution in [-0.2, 0) is 9.59 Å².